The Morgan fingerprint density at radius 2 is 0.730 bits per heavy atom. The average molecular weight is 6970 g/mol. The van der Waals surface area contributed by atoms with E-state index >= 15 is 0 Å². The summed E-state index contributed by atoms with van der Waals surface area (Å²) < 4.78 is 3.96. The molecule has 2 nitrogen and oxygen atoms in total. The van der Waals surface area contributed by atoms with Crippen molar-refractivity contribution in [3.8, 4) is 0 Å². The van der Waals surface area contributed by atoms with Crippen LogP contribution < -0.4 is 80.9 Å². The van der Waals surface area contributed by atoms with Gasteiger partial charge in [-0.05, 0) is 0 Å². The molecule has 0 aromatic heterocycles. The van der Waals surface area contributed by atoms with Crippen LogP contribution >= 0.6 is 730 Å². The van der Waals surface area contributed by atoms with Crippen LogP contribution in [0.1, 0.15) is 6.92 Å². The standard InChI is InChI=1S/C7H5I54N2/c1-2(37-8)3(42(13)14)4(44(16)57(32)54(29)40-11,6(62-2,46(18)53(28)39-10)47(19)56(31)51(24)25)7(48(20)58(33)60(35)52(26)27,49(21)59(34)61(36)55(30)41-12)63-5(3,43(15)38-9)45(17)50(22)23/h62-63H,1H3/q-5. The van der Waals surface area contributed by atoms with Crippen molar-refractivity contribution in [2.45, 2.75) is 22.0 Å². The van der Waals surface area contributed by atoms with Crippen LogP contribution in [0.2, 0.25) is 0 Å². The SMILES string of the molecule is CC1([I-]I)NC(I(I)I(I)[I-]I)(I(I)I(I)I(I)I)C2(I(I)I(I)I(I)[I-]I)C(I(I)I(I)I(I)I(I)I)(I(I)I(I)I(I)I(I)[I-]I)NC(I(I)[I-]I)(I(I)I(I)I)C12I(I)I. The molecule has 2 rings (SSSR count). The van der Waals surface area contributed by atoms with Crippen molar-refractivity contribution in [1.29, 1.82) is 0 Å². The van der Waals surface area contributed by atoms with Gasteiger partial charge in [-0.1, -0.05) is 0 Å². The van der Waals surface area contributed by atoms with Gasteiger partial charge in [0.05, 0.1) is 0 Å². The molecule has 0 radical (unpaired) electrons. The monoisotopic (exact) mass is 6970 g/mol. The number of hydrogen-bond donors (Lipinski definition) is 2. The molecular weight excluding hydrogens is 6960 g/mol. The van der Waals surface area contributed by atoms with Crippen molar-refractivity contribution < 1.29 is 70.3 Å². The van der Waals surface area contributed by atoms with E-state index in [1.807, 2.05) is 0 Å². The zero-order valence-corrected chi connectivity index (χ0v) is 142. The normalized spacial score (nSPS) is 33.2. The average Bonchev–Trinajstić information content (AvgIpc) is 3.67. The molecule has 0 saturated carbocycles. The first-order valence-electron chi connectivity index (χ1n) is 10.9. The zero-order chi connectivity index (χ0) is 49.5. The molecule has 0 aliphatic carbocycles. The molecule has 2 fully saturated rings. The van der Waals surface area contributed by atoms with E-state index in [2.05, 4.69) is 547 Å². The van der Waals surface area contributed by atoms with Crippen molar-refractivity contribution in [2.24, 2.45) is 0 Å². The summed E-state index contributed by atoms with van der Waals surface area (Å²) in [4.78, 5) is 0. The summed E-state index contributed by atoms with van der Waals surface area (Å²) in [7, 11) is -12.3. The predicted molar refractivity (Wildman–Crippen MR) is 715 cm³/mol. The van der Waals surface area contributed by atoms with E-state index in [0.717, 1.165) is 4.97 Å². The second kappa shape index (κ2) is 50.4. The van der Waals surface area contributed by atoms with Crippen LogP contribution in [-0.4, -0.2) is 15.0 Å². The number of fused-ring (bicyclic) bond motifs is 1. The minimum atomic E-state index is -1.63. The molecule has 2 aliphatic rings. The quantitative estimate of drug-likeness (QED) is 0.0541. The van der Waals surface area contributed by atoms with Crippen molar-refractivity contribution >= 4 is 730 Å². The number of halogens is 54. The molecule has 2 saturated heterocycles. The van der Waals surface area contributed by atoms with E-state index in [0.29, 0.717) is 49.8 Å². The molecule has 0 bridgehead atoms. The maximum atomic E-state index is 6.17. The summed E-state index contributed by atoms with van der Waals surface area (Å²) in [6.07, 6.45) is 0. The topological polar surface area (TPSA) is 24.1 Å². The van der Waals surface area contributed by atoms with Gasteiger partial charge < -0.3 is 0 Å². The summed E-state index contributed by atoms with van der Waals surface area (Å²) >= 11 is 88.6. The van der Waals surface area contributed by atoms with E-state index < -0.39 is 190 Å². The van der Waals surface area contributed by atoms with Gasteiger partial charge in [-0.15, -0.1) is 0 Å². The Labute approximate surface area is 788 Å². The summed E-state index contributed by atoms with van der Waals surface area (Å²) in [5, 5.41) is 12.0. The maximum absolute atomic E-state index is 6.17. The summed E-state index contributed by atoms with van der Waals surface area (Å²) in [5.74, 6) is 0. The molecule has 2 heterocycles. The first-order valence-corrected chi connectivity index (χ1v) is 303. The van der Waals surface area contributed by atoms with E-state index in [1.54, 1.807) is 0 Å². The molecule has 0 amide bonds. The Morgan fingerprint density at radius 3 is 1.10 bits per heavy atom. The van der Waals surface area contributed by atoms with Crippen LogP contribution in [0.25, 0.3) is 0 Å². The van der Waals surface area contributed by atoms with Gasteiger partial charge in [-0.25, -0.2) is 0 Å². The molecule has 0 aromatic rings. The fraction of sp³-hybridized carbons (Fsp3) is 1.00. The molecule has 0 aromatic carbocycles. The predicted octanol–water partition coefficient (Wildman–Crippen LogP) is 26.7. The van der Waals surface area contributed by atoms with Gasteiger partial charge in [0.15, 0.2) is 0 Å². The van der Waals surface area contributed by atoms with Gasteiger partial charge in [0.1, 0.15) is 0 Å². The second-order valence-corrected chi connectivity index (χ2v) is 863. The molecular formula is C7H5I54N2-5. The molecule has 2 N–H and O–H groups in total. The van der Waals surface area contributed by atoms with Crippen LogP contribution in [0.3, 0.4) is 0 Å². The van der Waals surface area contributed by atoms with Crippen LogP contribution in [0.5, 0.6) is 0 Å². The van der Waals surface area contributed by atoms with Crippen molar-refractivity contribution in [3.05, 3.63) is 0 Å². The van der Waals surface area contributed by atoms with Gasteiger partial charge in [0.25, 0.3) is 0 Å². The Balaban J connectivity index is 4.14. The molecule has 63 heavy (non-hydrogen) atoms. The Bertz CT molecular complexity index is 1410. The Kier molecular flexibility index (Phi) is 78.7. The van der Waals surface area contributed by atoms with E-state index in [9.17, 15) is 0 Å². The zero-order valence-electron chi connectivity index (χ0n) is 25.4. The Morgan fingerprint density at radius 1 is 0.333 bits per heavy atom. The van der Waals surface area contributed by atoms with E-state index in [4.69, 9.17) is 10.6 Å². The van der Waals surface area contributed by atoms with E-state index in [-0.39, 0.29) is 30.5 Å². The first kappa shape index (κ1) is 98.4. The second-order valence-electron chi connectivity index (χ2n) is 8.10. The van der Waals surface area contributed by atoms with Crippen LogP contribution in [0.4, 0.5) is 0 Å². The Hall–Kier alpha value is 39.3. The molecule has 0 spiro atoms. The van der Waals surface area contributed by atoms with Crippen molar-refractivity contribution in [2.75, 3.05) is 0 Å². The fourth-order valence-electron chi connectivity index (χ4n) is 4.64. The molecule has 2 aliphatic heterocycles. The number of rotatable bonds is 25. The third kappa shape index (κ3) is 24.2. The van der Waals surface area contributed by atoms with Crippen LogP contribution in [-0.2, 0) is 0 Å². The van der Waals surface area contributed by atoms with Gasteiger partial charge in [0.2, 0.25) is 0 Å². The van der Waals surface area contributed by atoms with Crippen molar-refractivity contribution in [3.63, 3.8) is 0 Å². The van der Waals surface area contributed by atoms with E-state index in [1.165, 1.54) is 0 Å². The number of nitrogens with one attached hydrogen (secondary N) is 2. The molecule has 426 valence electrons. The minimum absolute atomic E-state index is 0.0229. The molecule has 56 heteroatoms. The van der Waals surface area contributed by atoms with Crippen LogP contribution in [0, 0.1) is 0 Å². The summed E-state index contributed by atoms with van der Waals surface area (Å²) in [6, 6.07) is 0. The first-order chi connectivity index (χ1) is 28.9. The molecule has 6 atom stereocenters. The van der Waals surface area contributed by atoms with Gasteiger partial charge >= 0.3 is 832 Å². The fourth-order valence-corrected chi connectivity index (χ4v) is 3170. The molecule has 6 unspecified atom stereocenters. The van der Waals surface area contributed by atoms with Gasteiger partial charge in [-0.3, -0.25) is 0 Å². The van der Waals surface area contributed by atoms with Crippen molar-refractivity contribution in [1.82, 2.24) is 10.6 Å². The van der Waals surface area contributed by atoms with Crippen LogP contribution in [0.15, 0.2) is 0 Å². The number of hydrogen-bond acceptors (Lipinski definition) is 2. The van der Waals surface area contributed by atoms with Gasteiger partial charge in [0, 0.05) is 0 Å². The third-order valence-corrected chi connectivity index (χ3v) is 2070. The third-order valence-electron chi connectivity index (χ3n) is 6.11. The summed E-state index contributed by atoms with van der Waals surface area (Å²) in [5.41, 5.74) is 0. The number of alkyl halides is 9. The van der Waals surface area contributed by atoms with Gasteiger partial charge in [-0.2, -0.15) is 0 Å². The summed E-state index contributed by atoms with van der Waals surface area (Å²) in [6.45, 7) is 3.20.